The van der Waals surface area contributed by atoms with Gasteiger partial charge in [-0.2, -0.15) is 8.78 Å². The Morgan fingerprint density at radius 1 is 1.04 bits per heavy atom. The predicted octanol–water partition coefficient (Wildman–Crippen LogP) is 2.63. The molecule has 0 bridgehead atoms. The van der Waals surface area contributed by atoms with E-state index in [-0.39, 0.29) is 34.8 Å². The third-order valence-corrected chi connectivity index (χ3v) is 3.88. The Balaban J connectivity index is 1.90. The highest BCUT2D eigenvalue weighted by molar-refractivity contribution is 5.55. The minimum atomic E-state index is -1.09. The van der Waals surface area contributed by atoms with E-state index in [1.165, 1.54) is 6.20 Å². The second kappa shape index (κ2) is 6.31. The predicted molar refractivity (Wildman–Crippen MR) is 85.9 cm³/mol. The first-order valence-electron chi connectivity index (χ1n) is 7.64. The number of hydrogen-bond acceptors (Lipinski definition) is 4. The average molecular weight is 375 g/mol. The third kappa shape index (κ3) is 3.05. The van der Waals surface area contributed by atoms with Crippen LogP contribution in [-0.2, 0) is 6.42 Å². The highest BCUT2D eigenvalue weighted by Crippen LogP contribution is 2.21. The molecule has 3 aromatic heterocycles. The number of halogens is 4. The monoisotopic (exact) mass is 375 g/mol. The van der Waals surface area contributed by atoms with Crippen molar-refractivity contribution in [2.75, 3.05) is 0 Å². The van der Waals surface area contributed by atoms with E-state index >= 15 is 0 Å². The van der Waals surface area contributed by atoms with Gasteiger partial charge in [-0.25, -0.2) is 23.7 Å². The van der Waals surface area contributed by atoms with Gasteiger partial charge < -0.3 is 4.98 Å². The molecule has 0 atom stereocenters. The average Bonchev–Trinajstić information content (AvgIpc) is 3.02. The quantitative estimate of drug-likeness (QED) is 0.559. The molecule has 0 aliphatic carbocycles. The Morgan fingerprint density at radius 3 is 2.63 bits per heavy atom. The van der Waals surface area contributed by atoms with Crippen molar-refractivity contribution in [1.82, 2.24) is 24.3 Å². The van der Waals surface area contributed by atoms with Crippen LogP contribution in [0.5, 0.6) is 0 Å². The Labute approximate surface area is 148 Å². The maximum Gasteiger partial charge on any atom is 0.287 e. The summed E-state index contributed by atoms with van der Waals surface area (Å²) in [6.45, 7) is 0. The fourth-order valence-corrected chi connectivity index (χ4v) is 2.62. The molecular weight excluding hydrogens is 366 g/mol. The SMILES string of the molecule is O=c1[nH]c(-c2cn3c(F)cnc3c(Cc3cc(F)ccc3F)n2)ncc1F. The third-order valence-electron chi connectivity index (χ3n) is 3.88. The molecule has 0 amide bonds. The number of H-pyrrole nitrogens is 1. The van der Waals surface area contributed by atoms with Gasteiger partial charge in [0.1, 0.15) is 17.3 Å². The lowest BCUT2D eigenvalue weighted by molar-refractivity contribution is 0.571. The molecule has 0 saturated heterocycles. The molecule has 0 aliphatic rings. The van der Waals surface area contributed by atoms with Crippen LogP contribution >= 0.6 is 0 Å². The zero-order chi connectivity index (χ0) is 19.1. The van der Waals surface area contributed by atoms with E-state index < -0.39 is 29.0 Å². The van der Waals surface area contributed by atoms with Gasteiger partial charge in [0.15, 0.2) is 11.5 Å². The van der Waals surface area contributed by atoms with Gasteiger partial charge in [0.05, 0.1) is 18.1 Å². The molecule has 0 fully saturated rings. The number of rotatable bonds is 3. The molecule has 4 rings (SSSR count). The van der Waals surface area contributed by atoms with E-state index in [1.54, 1.807) is 0 Å². The lowest BCUT2D eigenvalue weighted by atomic mass is 10.1. The normalized spacial score (nSPS) is 11.3. The van der Waals surface area contributed by atoms with Crippen LogP contribution in [0.4, 0.5) is 17.6 Å². The van der Waals surface area contributed by atoms with Crippen LogP contribution in [0.3, 0.4) is 0 Å². The molecular formula is C17H9F4N5O. The van der Waals surface area contributed by atoms with Gasteiger partial charge in [0.2, 0.25) is 11.8 Å². The summed E-state index contributed by atoms with van der Waals surface area (Å²) >= 11 is 0. The molecule has 1 N–H and O–H groups in total. The fraction of sp³-hybridized carbons (Fsp3) is 0.0588. The van der Waals surface area contributed by atoms with Gasteiger partial charge in [0.25, 0.3) is 5.56 Å². The number of hydrogen-bond donors (Lipinski definition) is 1. The van der Waals surface area contributed by atoms with Gasteiger partial charge >= 0.3 is 0 Å². The van der Waals surface area contributed by atoms with Gasteiger partial charge in [0, 0.05) is 12.6 Å². The minimum Gasteiger partial charge on any atom is -0.303 e. The number of fused-ring (bicyclic) bond motifs is 1. The number of imidazole rings is 1. The maximum atomic E-state index is 14.0. The summed E-state index contributed by atoms with van der Waals surface area (Å²) < 4.78 is 55.6. The van der Waals surface area contributed by atoms with Crippen LogP contribution in [-0.4, -0.2) is 24.3 Å². The van der Waals surface area contributed by atoms with Gasteiger partial charge in [-0.1, -0.05) is 0 Å². The van der Waals surface area contributed by atoms with Crippen molar-refractivity contribution in [3.05, 3.63) is 81.8 Å². The van der Waals surface area contributed by atoms with Gasteiger partial charge in [-0.15, -0.1) is 0 Å². The number of aromatic amines is 1. The van der Waals surface area contributed by atoms with E-state index in [2.05, 4.69) is 19.9 Å². The number of aromatic nitrogens is 5. The van der Waals surface area contributed by atoms with Crippen molar-refractivity contribution in [2.45, 2.75) is 6.42 Å². The van der Waals surface area contributed by atoms with Crippen molar-refractivity contribution < 1.29 is 17.6 Å². The summed E-state index contributed by atoms with van der Waals surface area (Å²) in [5.41, 5.74) is -0.822. The van der Waals surface area contributed by atoms with Crippen LogP contribution in [0.25, 0.3) is 17.2 Å². The Morgan fingerprint density at radius 2 is 1.85 bits per heavy atom. The Kier molecular flexibility index (Phi) is 3.94. The number of nitrogens with one attached hydrogen (secondary N) is 1. The largest absolute Gasteiger partial charge is 0.303 e. The lowest BCUT2D eigenvalue weighted by Crippen LogP contribution is -2.13. The zero-order valence-electron chi connectivity index (χ0n) is 13.4. The summed E-state index contributed by atoms with van der Waals surface area (Å²) in [5.74, 6) is -3.24. The first-order valence-corrected chi connectivity index (χ1v) is 7.64. The van der Waals surface area contributed by atoms with E-state index in [0.717, 1.165) is 28.8 Å². The topological polar surface area (TPSA) is 75.9 Å². The summed E-state index contributed by atoms with van der Waals surface area (Å²) in [6, 6.07) is 2.94. The standard InChI is InChI=1S/C17H9F4N5O/c18-9-1-2-10(19)8(3-9)4-12-16-23-6-14(21)26(16)7-13(24-12)15-22-5-11(20)17(27)25-15/h1-3,5-7H,4H2,(H,22,25,27). The first-order chi connectivity index (χ1) is 12.9. The smallest absolute Gasteiger partial charge is 0.287 e. The van der Waals surface area contributed by atoms with Crippen LogP contribution in [0.15, 0.2) is 41.6 Å². The molecule has 0 aliphatic heterocycles. The van der Waals surface area contributed by atoms with Gasteiger partial charge in [-0.05, 0) is 23.8 Å². The van der Waals surface area contributed by atoms with Crippen molar-refractivity contribution in [1.29, 1.82) is 0 Å². The van der Waals surface area contributed by atoms with Crippen molar-refractivity contribution in [3.63, 3.8) is 0 Å². The number of nitrogens with zero attached hydrogens (tertiary/aromatic N) is 4. The lowest BCUT2D eigenvalue weighted by Gasteiger charge is -2.08. The summed E-state index contributed by atoms with van der Waals surface area (Å²) in [4.78, 5) is 25.5. The Bertz CT molecular complexity index is 1230. The number of benzene rings is 1. The molecule has 0 spiro atoms. The molecule has 0 radical (unpaired) electrons. The molecule has 27 heavy (non-hydrogen) atoms. The van der Waals surface area contributed by atoms with Crippen molar-refractivity contribution in [2.24, 2.45) is 0 Å². The van der Waals surface area contributed by atoms with Crippen molar-refractivity contribution in [3.8, 4) is 11.5 Å². The molecule has 0 saturated carbocycles. The molecule has 6 nitrogen and oxygen atoms in total. The summed E-state index contributed by atoms with van der Waals surface area (Å²) in [5, 5.41) is 0. The Hall–Kier alpha value is -3.56. The maximum absolute atomic E-state index is 14.0. The van der Waals surface area contributed by atoms with E-state index in [4.69, 9.17) is 0 Å². The van der Waals surface area contributed by atoms with Gasteiger partial charge in [-0.3, -0.25) is 9.20 Å². The molecule has 10 heteroatoms. The molecule has 1 aromatic carbocycles. The van der Waals surface area contributed by atoms with E-state index in [1.807, 2.05) is 0 Å². The highest BCUT2D eigenvalue weighted by Gasteiger charge is 2.16. The zero-order valence-corrected chi connectivity index (χ0v) is 13.4. The van der Waals surface area contributed by atoms with Crippen LogP contribution in [0.1, 0.15) is 11.3 Å². The molecule has 4 aromatic rings. The van der Waals surface area contributed by atoms with Crippen LogP contribution in [0, 0.1) is 23.4 Å². The second-order valence-corrected chi connectivity index (χ2v) is 5.67. The van der Waals surface area contributed by atoms with E-state index in [0.29, 0.717) is 6.20 Å². The second-order valence-electron chi connectivity index (χ2n) is 5.67. The van der Waals surface area contributed by atoms with Crippen LogP contribution < -0.4 is 5.56 Å². The van der Waals surface area contributed by atoms with E-state index in [9.17, 15) is 22.4 Å². The summed E-state index contributed by atoms with van der Waals surface area (Å²) in [7, 11) is 0. The van der Waals surface area contributed by atoms with Crippen LogP contribution in [0.2, 0.25) is 0 Å². The first kappa shape index (κ1) is 16.9. The molecule has 0 unspecified atom stereocenters. The molecule has 3 heterocycles. The molecule has 136 valence electrons. The fourth-order valence-electron chi connectivity index (χ4n) is 2.62. The minimum absolute atomic E-state index is 0.00307. The summed E-state index contributed by atoms with van der Waals surface area (Å²) in [6.07, 6.45) is 2.66. The highest BCUT2D eigenvalue weighted by atomic mass is 19.1. The van der Waals surface area contributed by atoms with Crippen molar-refractivity contribution >= 4 is 5.65 Å².